The lowest BCUT2D eigenvalue weighted by atomic mass is 10.0. The van der Waals surface area contributed by atoms with Gasteiger partial charge in [-0.05, 0) is 41.3 Å². The topological polar surface area (TPSA) is 0 Å². The Morgan fingerprint density at radius 2 is 2.36 bits per heavy atom. The first-order valence-corrected chi connectivity index (χ1v) is 3.74. The Morgan fingerprint density at radius 3 is 3.18 bits per heavy atom. The molecule has 1 aliphatic carbocycles. The Hall–Kier alpha value is -1.30. The van der Waals surface area contributed by atoms with Gasteiger partial charge < -0.3 is 0 Å². The van der Waals surface area contributed by atoms with Crippen LogP contribution in [0.2, 0.25) is 0 Å². The molecule has 1 aliphatic rings. The van der Waals surface area contributed by atoms with Crippen molar-refractivity contribution in [3.05, 3.63) is 47.5 Å². The molecule has 1 radical (unpaired) electrons. The van der Waals surface area contributed by atoms with Crippen molar-refractivity contribution in [1.82, 2.24) is 0 Å². The third-order valence-electron chi connectivity index (χ3n) is 2.01. The molecule has 0 saturated carbocycles. The van der Waals surface area contributed by atoms with Gasteiger partial charge in [0, 0.05) is 0 Å². The normalized spacial score (nSPS) is 13.1. The van der Waals surface area contributed by atoms with Crippen molar-refractivity contribution in [1.29, 1.82) is 0 Å². The molecule has 1 aromatic rings. The van der Waals surface area contributed by atoms with Gasteiger partial charge in [0.2, 0.25) is 0 Å². The minimum Gasteiger partial charge on any atom is -0.0985 e. The fourth-order valence-electron chi connectivity index (χ4n) is 1.43. The van der Waals surface area contributed by atoms with Crippen LogP contribution in [0.4, 0.5) is 0 Å². The van der Waals surface area contributed by atoms with Crippen molar-refractivity contribution in [2.24, 2.45) is 0 Å². The lowest BCUT2D eigenvalue weighted by Crippen LogP contribution is -1.85. The van der Waals surface area contributed by atoms with E-state index in [2.05, 4.69) is 24.8 Å². The molecule has 11 heavy (non-hydrogen) atoms. The highest BCUT2D eigenvalue weighted by Gasteiger charge is 2.06. The minimum absolute atomic E-state index is 1.05. The van der Waals surface area contributed by atoms with E-state index in [1.165, 1.54) is 16.7 Å². The third kappa shape index (κ3) is 0.911. The number of fused-ring (bicyclic) bond motifs is 1. The first kappa shape index (κ1) is 6.41. The summed E-state index contributed by atoms with van der Waals surface area (Å²) in [6.07, 6.45) is 7.25. The van der Waals surface area contributed by atoms with Crippen LogP contribution in [0.1, 0.15) is 16.7 Å². The highest BCUT2D eigenvalue weighted by Crippen LogP contribution is 2.23. The summed E-state index contributed by atoms with van der Waals surface area (Å²) >= 11 is 0. The predicted molar refractivity (Wildman–Crippen MR) is 48.1 cm³/mol. The SMILES string of the molecule is C=Cc1c[c]cc2c1CC=C2. The molecule has 0 nitrogen and oxygen atoms in total. The number of benzene rings is 1. The molecule has 0 N–H and O–H groups in total. The van der Waals surface area contributed by atoms with E-state index in [4.69, 9.17) is 0 Å². The van der Waals surface area contributed by atoms with Gasteiger partial charge in [0.15, 0.2) is 0 Å². The van der Waals surface area contributed by atoms with Crippen LogP contribution in [-0.4, -0.2) is 0 Å². The first-order valence-electron chi connectivity index (χ1n) is 3.74. The monoisotopic (exact) mass is 141 g/mol. The highest BCUT2D eigenvalue weighted by molar-refractivity contribution is 5.67. The zero-order chi connectivity index (χ0) is 7.68. The van der Waals surface area contributed by atoms with Crippen LogP contribution >= 0.6 is 0 Å². The molecule has 1 aromatic carbocycles. The van der Waals surface area contributed by atoms with Gasteiger partial charge in [0.25, 0.3) is 0 Å². The van der Waals surface area contributed by atoms with Gasteiger partial charge in [0.05, 0.1) is 0 Å². The maximum atomic E-state index is 3.76. The number of rotatable bonds is 1. The highest BCUT2D eigenvalue weighted by atomic mass is 14.1. The van der Waals surface area contributed by atoms with Crippen molar-refractivity contribution in [3.63, 3.8) is 0 Å². The quantitative estimate of drug-likeness (QED) is 0.564. The van der Waals surface area contributed by atoms with Crippen LogP contribution in [-0.2, 0) is 6.42 Å². The molecule has 0 amide bonds. The molecule has 0 bridgehead atoms. The Morgan fingerprint density at radius 1 is 1.45 bits per heavy atom. The second-order valence-electron chi connectivity index (χ2n) is 2.66. The third-order valence-corrected chi connectivity index (χ3v) is 2.01. The van der Waals surface area contributed by atoms with E-state index in [0.29, 0.717) is 0 Å². The van der Waals surface area contributed by atoms with Gasteiger partial charge in [0.1, 0.15) is 0 Å². The molecule has 0 aromatic heterocycles. The predicted octanol–water partition coefficient (Wildman–Crippen LogP) is 2.70. The van der Waals surface area contributed by atoms with Crippen LogP contribution in [0.15, 0.2) is 24.8 Å². The van der Waals surface area contributed by atoms with E-state index >= 15 is 0 Å². The molecule has 0 spiro atoms. The van der Waals surface area contributed by atoms with Gasteiger partial charge in [-0.3, -0.25) is 0 Å². The van der Waals surface area contributed by atoms with Gasteiger partial charge in [-0.15, -0.1) is 0 Å². The van der Waals surface area contributed by atoms with Crippen LogP contribution < -0.4 is 0 Å². The zero-order valence-corrected chi connectivity index (χ0v) is 6.30. The minimum atomic E-state index is 1.05. The van der Waals surface area contributed by atoms with E-state index in [1.807, 2.05) is 18.2 Å². The summed E-state index contributed by atoms with van der Waals surface area (Å²) in [6.45, 7) is 3.76. The van der Waals surface area contributed by atoms with E-state index in [9.17, 15) is 0 Å². The van der Waals surface area contributed by atoms with Crippen molar-refractivity contribution in [2.75, 3.05) is 0 Å². The van der Waals surface area contributed by atoms with Gasteiger partial charge in [-0.25, -0.2) is 0 Å². The molecule has 2 rings (SSSR count). The summed E-state index contributed by atoms with van der Waals surface area (Å²) in [4.78, 5) is 0. The van der Waals surface area contributed by atoms with Crippen LogP contribution in [0.25, 0.3) is 12.2 Å². The Bertz CT molecular complexity index is 319. The molecule has 53 valence electrons. The lowest BCUT2D eigenvalue weighted by molar-refractivity contribution is 1.29. The lowest BCUT2D eigenvalue weighted by Gasteiger charge is -2.01. The standard InChI is InChI=1S/C11H9/c1-2-9-5-3-6-10-7-4-8-11(9)10/h2,4-7H,1,8H2. The van der Waals surface area contributed by atoms with Gasteiger partial charge >= 0.3 is 0 Å². The summed E-state index contributed by atoms with van der Waals surface area (Å²) in [5.41, 5.74) is 3.90. The van der Waals surface area contributed by atoms with Crippen molar-refractivity contribution in [3.8, 4) is 0 Å². The molecular formula is C11H9. The van der Waals surface area contributed by atoms with Crippen LogP contribution in [0.5, 0.6) is 0 Å². The van der Waals surface area contributed by atoms with E-state index in [-0.39, 0.29) is 0 Å². The Labute approximate surface area is 66.9 Å². The zero-order valence-electron chi connectivity index (χ0n) is 6.30. The van der Waals surface area contributed by atoms with E-state index in [1.54, 1.807) is 0 Å². The fourth-order valence-corrected chi connectivity index (χ4v) is 1.43. The first-order chi connectivity index (χ1) is 5.42. The molecule has 0 saturated heterocycles. The molecule has 0 unspecified atom stereocenters. The van der Waals surface area contributed by atoms with Crippen molar-refractivity contribution < 1.29 is 0 Å². The van der Waals surface area contributed by atoms with Gasteiger partial charge in [-0.2, -0.15) is 0 Å². The molecular weight excluding hydrogens is 132 g/mol. The number of hydrogen-bond donors (Lipinski definition) is 0. The van der Waals surface area contributed by atoms with Gasteiger partial charge in [-0.1, -0.05) is 24.8 Å². The molecule has 0 heterocycles. The van der Waals surface area contributed by atoms with Crippen LogP contribution in [0.3, 0.4) is 0 Å². The molecule has 0 heteroatoms. The van der Waals surface area contributed by atoms with E-state index in [0.717, 1.165) is 6.42 Å². The van der Waals surface area contributed by atoms with Crippen LogP contribution in [0, 0.1) is 6.07 Å². The van der Waals surface area contributed by atoms with E-state index < -0.39 is 0 Å². The second kappa shape index (κ2) is 2.39. The van der Waals surface area contributed by atoms with Crippen molar-refractivity contribution >= 4 is 12.2 Å². The number of allylic oxidation sites excluding steroid dienone is 1. The summed E-state index contributed by atoms with van der Waals surface area (Å²) in [5.74, 6) is 0. The largest absolute Gasteiger partial charge is 0.0985 e. The molecule has 0 atom stereocenters. The maximum absolute atomic E-state index is 3.76. The van der Waals surface area contributed by atoms with Crippen molar-refractivity contribution in [2.45, 2.75) is 6.42 Å². The summed E-state index contributed by atoms with van der Waals surface area (Å²) in [7, 11) is 0. The summed E-state index contributed by atoms with van der Waals surface area (Å²) in [5, 5.41) is 0. The molecule has 0 fully saturated rings. The average Bonchev–Trinajstić information content (AvgIpc) is 2.50. The maximum Gasteiger partial charge on any atom is -0.00822 e. The average molecular weight is 141 g/mol. The fraction of sp³-hybridized carbons (Fsp3) is 0.0909. The summed E-state index contributed by atoms with van der Waals surface area (Å²) < 4.78 is 0. The molecule has 0 aliphatic heterocycles. The Kier molecular flexibility index (Phi) is 1.39. The smallest absolute Gasteiger partial charge is 0.00822 e. The summed E-state index contributed by atoms with van der Waals surface area (Å²) in [6, 6.07) is 7.09. The number of hydrogen-bond acceptors (Lipinski definition) is 0. The second-order valence-corrected chi connectivity index (χ2v) is 2.66. The Balaban J connectivity index is 2.63.